The van der Waals surface area contributed by atoms with Gasteiger partial charge < -0.3 is 15.8 Å². The molecule has 0 amide bonds. The number of hydrogen-bond donors (Lipinski definition) is 2. The van der Waals surface area contributed by atoms with Gasteiger partial charge in [-0.05, 0) is 31.5 Å². The van der Waals surface area contributed by atoms with Crippen LogP contribution < -0.4 is 11.1 Å². The Hall–Kier alpha value is -1.43. The molecule has 0 saturated carbocycles. The number of unbranched alkanes of at least 4 members (excludes halogenated alkanes) is 1. The van der Waals surface area contributed by atoms with Gasteiger partial charge in [0, 0.05) is 19.6 Å². The molecule has 3 N–H and O–H groups in total. The van der Waals surface area contributed by atoms with E-state index in [0.29, 0.717) is 13.1 Å². The maximum absolute atomic E-state index is 11.4. The topological polar surface area (TPSA) is 67.6 Å². The number of nitrogens with two attached hydrogens (primary N) is 1. The van der Waals surface area contributed by atoms with Crippen LogP contribution in [0.15, 0.2) is 30.3 Å². The van der Waals surface area contributed by atoms with E-state index in [4.69, 9.17) is 10.5 Å². The summed E-state index contributed by atoms with van der Waals surface area (Å²) in [5, 5.41) is 3.40. The summed E-state index contributed by atoms with van der Waals surface area (Å²) in [4.78, 5) is 13.5. The summed E-state index contributed by atoms with van der Waals surface area (Å²) in [7, 11) is 1.42. The van der Waals surface area contributed by atoms with Gasteiger partial charge in [0.2, 0.25) is 0 Å². The molecule has 1 aromatic carbocycles. The first-order chi connectivity index (χ1) is 10.3. The largest absolute Gasteiger partial charge is 0.468 e. The Morgan fingerprint density at radius 3 is 2.67 bits per heavy atom. The first-order valence-corrected chi connectivity index (χ1v) is 7.50. The van der Waals surface area contributed by atoms with Gasteiger partial charge in [-0.1, -0.05) is 30.3 Å². The normalized spacial score (nSPS) is 10.8. The average molecular weight is 293 g/mol. The third kappa shape index (κ3) is 8.45. The van der Waals surface area contributed by atoms with E-state index >= 15 is 0 Å². The van der Waals surface area contributed by atoms with Gasteiger partial charge >= 0.3 is 5.97 Å². The van der Waals surface area contributed by atoms with E-state index in [1.807, 2.05) is 18.2 Å². The lowest BCUT2D eigenvalue weighted by Crippen LogP contribution is -2.37. The maximum atomic E-state index is 11.4. The summed E-state index contributed by atoms with van der Waals surface area (Å²) in [6.45, 7) is 4.42. The second kappa shape index (κ2) is 11.3. The minimum atomic E-state index is -0.189. The van der Waals surface area contributed by atoms with Crippen molar-refractivity contribution in [2.75, 3.05) is 39.8 Å². The molecule has 0 spiro atoms. The van der Waals surface area contributed by atoms with E-state index in [1.165, 1.54) is 12.7 Å². The smallest absolute Gasteiger partial charge is 0.319 e. The van der Waals surface area contributed by atoms with Crippen LogP contribution in [0.4, 0.5) is 0 Å². The molecule has 1 aromatic rings. The molecule has 0 saturated heterocycles. The van der Waals surface area contributed by atoms with E-state index in [-0.39, 0.29) is 5.97 Å². The zero-order valence-corrected chi connectivity index (χ0v) is 12.9. The van der Waals surface area contributed by atoms with Gasteiger partial charge in [-0.2, -0.15) is 0 Å². The van der Waals surface area contributed by atoms with E-state index in [1.54, 1.807) is 0 Å². The van der Waals surface area contributed by atoms with E-state index in [2.05, 4.69) is 22.3 Å². The molecule has 118 valence electrons. The van der Waals surface area contributed by atoms with Gasteiger partial charge in [-0.25, -0.2) is 0 Å². The highest BCUT2D eigenvalue weighted by atomic mass is 16.5. The highest BCUT2D eigenvalue weighted by Crippen LogP contribution is 1.98. The number of nitrogens with zero attached hydrogens (tertiary/aromatic N) is 1. The summed E-state index contributed by atoms with van der Waals surface area (Å²) >= 11 is 0. The van der Waals surface area contributed by atoms with Crippen molar-refractivity contribution in [1.29, 1.82) is 0 Å². The Balaban J connectivity index is 2.25. The summed E-state index contributed by atoms with van der Waals surface area (Å²) in [6, 6.07) is 10.3. The van der Waals surface area contributed by atoms with Crippen LogP contribution in [0, 0.1) is 0 Å². The molecule has 5 heteroatoms. The fourth-order valence-electron chi connectivity index (χ4n) is 2.06. The number of nitrogens with one attached hydrogen (secondary N) is 1. The number of benzene rings is 1. The molecule has 0 aliphatic carbocycles. The zero-order chi connectivity index (χ0) is 15.3. The standard InChI is InChI=1S/C16H27N3O2/c1-21-16(20)14-19(11-6-5-9-17)12-10-18-13-15-7-3-2-4-8-15/h2-4,7-8,18H,5-6,9-14,17H2,1H3. The number of ether oxygens (including phenoxy) is 1. The van der Waals surface area contributed by atoms with Gasteiger partial charge in [0.15, 0.2) is 0 Å². The maximum Gasteiger partial charge on any atom is 0.319 e. The molecule has 0 radical (unpaired) electrons. The molecule has 5 nitrogen and oxygen atoms in total. The fourth-order valence-corrected chi connectivity index (χ4v) is 2.06. The van der Waals surface area contributed by atoms with Gasteiger partial charge in [-0.15, -0.1) is 0 Å². The van der Waals surface area contributed by atoms with E-state index in [9.17, 15) is 4.79 Å². The van der Waals surface area contributed by atoms with E-state index in [0.717, 1.165) is 39.0 Å². The quantitative estimate of drug-likeness (QED) is 0.470. The lowest BCUT2D eigenvalue weighted by atomic mass is 10.2. The van der Waals surface area contributed by atoms with Crippen LogP contribution in [0.1, 0.15) is 18.4 Å². The zero-order valence-electron chi connectivity index (χ0n) is 12.9. The predicted molar refractivity (Wildman–Crippen MR) is 84.9 cm³/mol. The van der Waals surface area contributed by atoms with Crippen LogP contribution in [-0.2, 0) is 16.1 Å². The van der Waals surface area contributed by atoms with Crippen LogP contribution in [0.5, 0.6) is 0 Å². The van der Waals surface area contributed by atoms with Crippen LogP contribution >= 0.6 is 0 Å². The first kappa shape index (κ1) is 17.6. The number of carbonyl (C=O) groups is 1. The van der Waals surface area contributed by atoms with Crippen molar-refractivity contribution in [3.05, 3.63) is 35.9 Å². The third-order valence-electron chi connectivity index (χ3n) is 3.29. The molecular weight excluding hydrogens is 266 g/mol. The van der Waals surface area contributed by atoms with E-state index < -0.39 is 0 Å². The van der Waals surface area contributed by atoms with Gasteiger partial charge in [0.25, 0.3) is 0 Å². The molecule has 0 atom stereocenters. The third-order valence-corrected chi connectivity index (χ3v) is 3.29. The van der Waals surface area contributed by atoms with Crippen molar-refractivity contribution >= 4 is 5.97 Å². The molecule has 21 heavy (non-hydrogen) atoms. The summed E-state index contributed by atoms with van der Waals surface area (Å²) in [6.07, 6.45) is 1.99. The second-order valence-electron chi connectivity index (χ2n) is 5.01. The molecular formula is C16H27N3O2. The Morgan fingerprint density at radius 1 is 1.24 bits per heavy atom. The van der Waals surface area contributed by atoms with Gasteiger partial charge in [0.1, 0.15) is 0 Å². The molecule has 0 unspecified atom stereocenters. The minimum absolute atomic E-state index is 0.189. The molecule has 0 bridgehead atoms. The molecule has 0 aromatic heterocycles. The monoisotopic (exact) mass is 293 g/mol. The van der Waals surface area contributed by atoms with Crippen molar-refractivity contribution in [2.24, 2.45) is 5.73 Å². The number of methoxy groups -OCH3 is 1. The van der Waals surface area contributed by atoms with Crippen molar-refractivity contribution < 1.29 is 9.53 Å². The lowest BCUT2D eigenvalue weighted by molar-refractivity contribution is -0.141. The van der Waals surface area contributed by atoms with Gasteiger partial charge in [0.05, 0.1) is 13.7 Å². The molecule has 0 aliphatic rings. The van der Waals surface area contributed by atoms with Crippen molar-refractivity contribution in [1.82, 2.24) is 10.2 Å². The highest BCUT2D eigenvalue weighted by molar-refractivity contribution is 5.71. The fraction of sp³-hybridized carbons (Fsp3) is 0.562. The summed E-state index contributed by atoms with van der Waals surface area (Å²) in [5.74, 6) is -0.189. The molecule has 0 fully saturated rings. The Morgan fingerprint density at radius 2 is 2.00 bits per heavy atom. The van der Waals surface area contributed by atoms with Crippen LogP contribution in [0.25, 0.3) is 0 Å². The number of hydrogen-bond acceptors (Lipinski definition) is 5. The minimum Gasteiger partial charge on any atom is -0.468 e. The Kier molecular flexibility index (Phi) is 9.44. The summed E-state index contributed by atoms with van der Waals surface area (Å²) < 4.78 is 4.74. The second-order valence-corrected chi connectivity index (χ2v) is 5.01. The van der Waals surface area contributed by atoms with Crippen LogP contribution in [0.2, 0.25) is 0 Å². The first-order valence-electron chi connectivity index (χ1n) is 7.50. The van der Waals surface area contributed by atoms with Crippen molar-refractivity contribution in [3.8, 4) is 0 Å². The molecule has 1 rings (SSSR count). The van der Waals surface area contributed by atoms with Crippen molar-refractivity contribution in [3.63, 3.8) is 0 Å². The summed E-state index contributed by atoms with van der Waals surface area (Å²) in [5.41, 5.74) is 6.77. The number of carbonyl (C=O) groups excluding carboxylic acids is 1. The number of esters is 1. The predicted octanol–water partition coefficient (Wildman–Crippen LogP) is 0.990. The average Bonchev–Trinajstić information content (AvgIpc) is 2.52. The van der Waals surface area contributed by atoms with Crippen LogP contribution in [0.3, 0.4) is 0 Å². The Bertz CT molecular complexity index is 384. The number of rotatable bonds is 11. The Labute approximate surface area is 127 Å². The van der Waals surface area contributed by atoms with Gasteiger partial charge in [-0.3, -0.25) is 9.69 Å². The highest BCUT2D eigenvalue weighted by Gasteiger charge is 2.10. The molecule has 0 aliphatic heterocycles. The lowest BCUT2D eigenvalue weighted by Gasteiger charge is -2.21. The SMILES string of the molecule is COC(=O)CN(CCCCN)CCNCc1ccccc1. The van der Waals surface area contributed by atoms with Crippen LogP contribution in [-0.4, -0.2) is 50.7 Å². The molecule has 0 heterocycles. The van der Waals surface area contributed by atoms with Crippen molar-refractivity contribution in [2.45, 2.75) is 19.4 Å².